The molecule has 0 aromatic rings. The molecule has 1 rings (SSSR count). The van der Waals surface area contributed by atoms with Crippen molar-refractivity contribution in [3.63, 3.8) is 0 Å². The van der Waals surface area contributed by atoms with Crippen LogP contribution in [-0.4, -0.2) is 47.9 Å². The third kappa shape index (κ3) is 2.05. The molecule has 1 aliphatic heterocycles. The molecular formula is C10H17N3O. The maximum absolute atomic E-state index is 11.9. The molecule has 1 fully saturated rings. The van der Waals surface area contributed by atoms with Crippen LogP contribution in [0.25, 0.3) is 0 Å². The third-order valence-electron chi connectivity index (χ3n) is 2.70. The first kappa shape index (κ1) is 11.0. The molecule has 0 saturated carbocycles. The van der Waals surface area contributed by atoms with Crippen LogP contribution in [0.3, 0.4) is 0 Å². The normalized spacial score (nSPS) is 24.1. The Balaban J connectivity index is 2.73. The van der Waals surface area contributed by atoms with Crippen LogP contribution in [0.2, 0.25) is 0 Å². The van der Waals surface area contributed by atoms with Crippen molar-refractivity contribution in [3.05, 3.63) is 0 Å². The molecule has 1 heterocycles. The van der Waals surface area contributed by atoms with Crippen LogP contribution in [-0.2, 0) is 4.79 Å². The molecule has 1 aliphatic rings. The van der Waals surface area contributed by atoms with E-state index in [1.807, 2.05) is 30.7 Å². The molecule has 0 aromatic heterocycles. The SMILES string of the molecule is CC(C)N1CCN(C)C(CC#N)C1=O. The average molecular weight is 195 g/mol. The van der Waals surface area contributed by atoms with Gasteiger partial charge in [0.05, 0.1) is 12.5 Å². The minimum atomic E-state index is -0.240. The summed E-state index contributed by atoms with van der Waals surface area (Å²) in [7, 11) is 1.90. The second kappa shape index (κ2) is 4.43. The maximum atomic E-state index is 11.9. The number of carbonyl (C=O) groups is 1. The van der Waals surface area contributed by atoms with Crippen molar-refractivity contribution >= 4 is 5.91 Å². The summed E-state index contributed by atoms with van der Waals surface area (Å²) in [6, 6.07) is 2.06. The minimum Gasteiger partial charge on any atom is -0.338 e. The van der Waals surface area contributed by atoms with Gasteiger partial charge in [0.25, 0.3) is 0 Å². The Morgan fingerprint density at radius 1 is 1.57 bits per heavy atom. The van der Waals surface area contributed by atoms with Gasteiger partial charge in [-0.15, -0.1) is 0 Å². The van der Waals surface area contributed by atoms with Crippen molar-refractivity contribution in [2.75, 3.05) is 20.1 Å². The first-order valence-corrected chi connectivity index (χ1v) is 4.95. The molecule has 1 saturated heterocycles. The van der Waals surface area contributed by atoms with Gasteiger partial charge < -0.3 is 4.90 Å². The predicted octanol–water partition coefficient (Wildman–Crippen LogP) is 0.451. The first-order chi connectivity index (χ1) is 6.57. The number of hydrogen-bond donors (Lipinski definition) is 0. The second-order valence-corrected chi connectivity index (χ2v) is 3.98. The molecule has 0 N–H and O–H groups in total. The van der Waals surface area contributed by atoms with Gasteiger partial charge in [0.15, 0.2) is 0 Å². The van der Waals surface area contributed by atoms with E-state index in [-0.39, 0.29) is 18.0 Å². The molecule has 1 unspecified atom stereocenters. The fraction of sp³-hybridized carbons (Fsp3) is 0.800. The van der Waals surface area contributed by atoms with E-state index in [9.17, 15) is 4.79 Å². The van der Waals surface area contributed by atoms with Crippen LogP contribution in [0, 0.1) is 11.3 Å². The fourth-order valence-corrected chi connectivity index (χ4v) is 1.75. The van der Waals surface area contributed by atoms with E-state index in [0.29, 0.717) is 6.42 Å². The van der Waals surface area contributed by atoms with Gasteiger partial charge in [-0.3, -0.25) is 9.69 Å². The fourth-order valence-electron chi connectivity index (χ4n) is 1.75. The van der Waals surface area contributed by atoms with Crippen LogP contribution in [0.4, 0.5) is 0 Å². The van der Waals surface area contributed by atoms with Crippen molar-refractivity contribution in [1.82, 2.24) is 9.80 Å². The van der Waals surface area contributed by atoms with Gasteiger partial charge in [-0.05, 0) is 20.9 Å². The van der Waals surface area contributed by atoms with Crippen molar-refractivity contribution in [2.24, 2.45) is 0 Å². The molecule has 4 heteroatoms. The highest BCUT2D eigenvalue weighted by molar-refractivity contribution is 5.83. The molecule has 1 atom stereocenters. The topological polar surface area (TPSA) is 47.3 Å². The molecule has 14 heavy (non-hydrogen) atoms. The number of carbonyl (C=O) groups excluding carboxylic acids is 1. The van der Waals surface area contributed by atoms with Crippen LogP contribution in [0.1, 0.15) is 20.3 Å². The summed E-state index contributed by atoms with van der Waals surface area (Å²) in [5.41, 5.74) is 0. The van der Waals surface area contributed by atoms with E-state index in [1.54, 1.807) is 0 Å². The number of piperazine rings is 1. The highest BCUT2D eigenvalue weighted by Crippen LogP contribution is 2.14. The lowest BCUT2D eigenvalue weighted by Crippen LogP contribution is -2.57. The lowest BCUT2D eigenvalue weighted by molar-refractivity contribution is -0.142. The van der Waals surface area contributed by atoms with Gasteiger partial charge in [-0.1, -0.05) is 0 Å². The smallest absolute Gasteiger partial charge is 0.241 e. The molecular weight excluding hydrogens is 178 g/mol. The Morgan fingerprint density at radius 3 is 2.71 bits per heavy atom. The lowest BCUT2D eigenvalue weighted by Gasteiger charge is -2.39. The summed E-state index contributed by atoms with van der Waals surface area (Å²) >= 11 is 0. The quantitative estimate of drug-likeness (QED) is 0.642. The monoisotopic (exact) mass is 195 g/mol. The van der Waals surface area contributed by atoms with Gasteiger partial charge in [0.2, 0.25) is 5.91 Å². The summed E-state index contributed by atoms with van der Waals surface area (Å²) in [5.74, 6) is 0.0929. The molecule has 4 nitrogen and oxygen atoms in total. The van der Waals surface area contributed by atoms with E-state index in [2.05, 4.69) is 6.07 Å². The Labute approximate surface area is 85.1 Å². The van der Waals surface area contributed by atoms with E-state index in [1.165, 1.54) is 0 Å². The zero-order valence-electron chi connectivity index (χ0n) is 9.03. The highest BCUT2D eigenvalue weighted by atomic mass is 16.2. The van der Waals surface area contributed by atoms with Crippen LogP contribution >= 0.6 is 0 Å². The summed E-state index contributed by atoms with van der Waals surface area (Å²) in [4.78, 5) is 15.7. The standard InChI is InChI=1S/C10H17N3O/c1-8(2)13-7-6-12(3)9(4-5-11)10(13)14/h8-9H,4,6-7H2,1-3H3. The molecule has 0 aromatic carbocycles. The van der Waals surface area contributed by atoms with Crippen LogP contribution in [0.15, 0.2) is 0 Å². The number of likely N-dealkylation sites (N-methyl/N-ethyl adjacent to an activating group) is 1. The highest BCUT2D eigenvalue weighted by Gasteiger charge is 2.33. The average Bonchev–Trinajstić information content (AvgIpc) is 2.11. The second-order valence-electron chi connectivity index (χ2n) is 3.98. The molecule has 0 radical (unpaired) electrons. The number of hydrogen-bond acceptors (Lipinski definition) is 3. The Kier molecular flexibility index (Phi) is 3.48. The number of rotatable bonds is 2. The number of nitriles is 1. The summed E-state index contributed by atoms with van der Waals surface area (Å²) < 4.78 is 0. The van der Waals surface area contributed by atoms with Gasteiger partial charge >= 0.3 is 0 Å². The number of amides is 1. The van der Waals surface area contributed by atoms with Crippen molar-refractivity contribution in [2.45, 2.75) is 32.4 Å². The van der Waals surface area contributed by atoms with Crippen molar-refractivity contribution in [3.8, 4) is 6.07 Å². The van der Waals surface area contributed by atoms with E-state index >= 15 is 0 Å². The van der Waals surface area contributed by atoms with E-state index < -0.39 is 0 Å². The van der Waals surface area contributed by atoms with Gasteiger partial charge in [0.1, 0.15) is 6.04 Å². The Hall–Kier alpha value is -1.08. The minimum absolute atomic E-state index is 0.0929. The zero-order valence-corrected chi connectivity index (χ0v) is 9.03. The largest absolute Gasteiger partial charge is 0.338 e. The summed E-state index contributed by atoms with van der Waals surface area (Å²) in [5, 5.41) is 8.63. The first-order valence-electron chi connectivity index (χ1n) is 4.95. The molecule has 0 bridgehead atoms. The van der Waals surface area contributed by atoms with Crippen LogP contribution < -0.4 is 0 Å². The number of nitrogens with zero attached hydrogens (tertiary/aromatic N) is 3. The zero-order chi connectivity index (χ0) is 10.7. The van der Waals surface area contributed by atoms with E-state index in [4.69, 9.17) is 5.26 Å². The molecule has 1 amide bonds. The molecule has 0 spiro atoms. The van der Waals surface area contributed by atoms with E-state index in [0.717, 1.165) is 13.1 Å². The maximum Gasteiger partial charge on any atom is 0.241 e. The Bertz CT molecular complexity index is 257. The predicted molar refractivity (Wildman–Crippen MR) is 53.5 cm³/mol. The summed E-state index contributed by atoms with van der Waals surface area (Å²) in [6.07, 6.45) is 0.290. The van der Waals surface area contributed by atoms with Gasteiger partial charge in [-0.2, -0.15) is 5.26 Å². The molecule has 78 valence electrons. The molecule has 0 aliphatic carbocycles. The van der Waals surface area contributed by atoms with Gasteiger partial charge in [0, 0.05) is 19.1 Å². The van der Waals surface area contributed by atoms with Crippen molar-refractivity contribution < 1.29 is 4.79 Å². The van der Waals surface area contributed by atoms with Gasteiger partial charge in [-0.25, -0.2) is 0 Å². The third-order valence-corrected chi connectivity index (χ3v) is 2.70. The summed E-state index contributed by atoms with van der Waals surface area (Å²) in [6.45, 7) is 5.64. The van der Waals surface area contributed by atoms with Crippen LogP contribution in [0.5, 0.6) is 0 Å². The van der Waals surface area contributed by atoms with Crippen molar-refractivity contribution in [1.29, 1.82) is 5.26 Å². The Morgan fingerprint density at radius 2 is 2.21 bits per heavy atom. The lowest BCUT2D eigenvalue weighted by atomic mass is 10.1.